The normalized spacial score (nSPS) is 25.5. The topological polar surface area (TPSA) is 57.6 Å². The second kappa shape index (κ2) is 6.30. The molecule has 2 aliphatic rings. The predicted octanol–water partition coefficient (Wildman–Crippen LogP) is 2.98. The van der Waals surface area contributed by atoms with Crippen molar-refractivity contribution in [2.45, 2.75) is 56.7 Å². The summed E-state index contributed by atoms with van der Waals surface area (Å²) in [7, 11) is -3.97. The minimum Gasteiger partial charge on any atom is -0.300 e. The first-order valence-corrected chi connectivity index (χ1v) is 9.90. The first-order valence-electron chi connectivity index (χ1n) is 8.29. The Balaban J connectivity index is 1.93. The molecule has 1 aliphatic heterocycles. The molecule has 1 N–H and O–H groups in total. The van der Waals surface area contributed by atoms with E-state index in [4.69, 9.17) is 0 Å². The lowest BCUT2D eigenvalue weighted by Gasteiger charge is -2.45. The standard InChI is InChI=1S/C17H25NO3S/c1-2-10-18-11-4-7-16-15-6-3-5-13(12-22(19,20)21)14(15)8-9-17(16)18/h3,5-6,16-17H,2,4,7-12H2,1H3,(H,19,20,21)/t16-,17-/m0/s1. The largest absolute Gasteiger partial charge is 0.300 e. The van der Waals surface area contributed by atoms with Crippen molar-refractivity contribution in [2.24, 2.45) is 0 Å². The molecule has 1 saturated heterocycles. The summed E-state index contributed by atoms with van der Waals surface area (Å²) < 4.78 is 31.7. The van der Waals surface area contributed by atoms with Crippen LogP contribution < -0.4 is 0 Å². The van der Waals surface area contributed by atoms with Gasteiger partial charge in [-0.05, 0) is 67.8 Å². The van der Waals surface area contributed by atoms with Gasteiger partial charge < -0.3 is 0 Å². The van der Waals surface area contributed by atoms with E-state index in [1.165, 1.54) is 36.9 Å². The molecule has 2 atom stereocenters. The Morgan fingerprint density at radius 3 is 2.86 bits per heavy atom. The molecule has 1 aromatic carbocycles. The average Bonchev–Trinajstić information content (AvgIpc) is 2.46. The highest BCUT2D eigenvalue weighted by Gasteiger charge is 2.36. The summed E-state index contributed by atoms with van der Waals surface area (Å²) in [6.45, 7) is 4.57. The number of benzene rings is 1. The van der Waals surface area contributed by atoms with Crippen molar-refractivity contribution >= 4 is 10.1 Å². The van der Waals surface area contributed by atoms with Crippen LogP contribution in [0.1, 0.15) is 55.2 Å². The van der Waals surface area contributed by atoms with E-state index in [2.05, 4.69) is 17.9 Å². The Labute approximate surface area is 133 Å². The van der Waals surface area contributed by atoms with Crippen molar-refractivity contribution in [1.82, 2.24) is 4.90 Å². The van der Waals surface area contributed by atoms with Crippen LogP contribution in [0.3, 0.4) is 0 Å². The lowest BCUT2D eigenvalue weighted by molar-refractivity contribution is 0.112. The van der Waals surface area contributed by atoms with Crippen LogP contribution >= 0.6 is 0 Å². The van der Waals surface area contributed by atoms with Gasteiger partial charge in [-0.15, -0.1) is 0 Å². The molecule has 1 fully saturated rings. The number of rotatable bonds is 4. The maximum absolute atomic E-state index is 11.3. The molecular formula is C17H25NO3S. The second-order valence-electron chi connectivity index (χ2n) is 6.60. The smallest absolute Gasteiger partial charge is 0.269 e. The summed E-state index contributed by atoms with van der Waals surface area (Å²) in [6, 6.07) is 6.55. The van der Waals surface area contributed by atoms with Gasteiger partial charge in [0.25, 0.3) is 10.1 Å². The van der Waals surface area contributed by atoms with E-state index in [1.807, 2.05) is 12.1 Å². The van der Waals surface area contributed by atoms with Crippen LogP contribution in [0.15, 0.2) is 18.2 Å². The Bertz CT molecular complexity index is 639. The van der Waals surface area contributed by atoms with Crippen LogP contribution in [0.5, 0.6) is 0 Å². The van der Waals surface area contributed by atoms with E-state index in [0.717, 1.165) is 24.9 Å². The number of likely N-dealkylation sites (tertiary alicyclic amines) is 1. The molecular weight excluding hydrogens is 298 g/mol. The molecule has 0 saturated carbocycles. The number of nitrogens with zero attached hydrogens (tertiary/aromatic N) is 1. The van der Waals surface area contributed by atoms with Gasteiger partial charge in [-0.25, -0.2) is 0 Å². The van der Waals surface area contributed by atoms with Gasteiger partial charge in [0, 0.05) is 6.04 Å². The minimum absolute atomic E-state index is 0.258. The fourth-order valence-corrected chi connectivity index (χ4v) is 5.03. The third-order valence-corrected chi connectivity index (χ3v) is 5.82. The lowest BCUT2D eigenvalue weighted by Crippen LogP contribution is -2.46. The molecule has 0 radical (unpaired) electrons. The van der Waals surface area contributed by atoms with Gasteiger partial charge in [-0.1, -0.05) is 25.1 Å². The van der Waals surface area contributed by atoms with Gasteiger partial charge in [0.15, 0.2) is 0 Å². The zero-order valence-electron chi connectivity index (χ0n) is 13.2. The SMILES string of the molecule is CCCN1CCC[C@H]2c3cccc(CS(=O)(=O)O)c3CC[C@@H]21. The highest BCUT2D eigenvalue weighted by molar-refractivity contribution is 7.85. The number of hydrogen-bond acceptors (Lipinski definition) is 3. The van der Waals surface area contributed by atoms with Crippen molar-refractivity contribution < 1.29 is 13.0 Å². The van der Waals surface area contributed by atoms with E-state index >= 15 is 0 Å². The third kappa shape index (κ3) is 3.21. The molecule has 3 rings (SSSR count). The van der Waals surface area contributed by atoms with Crippen LogP contribution in [0.25, 0.3) is 0 Å². The molecule has 1 aliphatic carbocycles. The quantitative estimate of drug-likeness (QED) is 0.866. The van der Waals surface area contributed by atoms with Crippen LogP contribution in [0.4, 0.5) is 0 Å². The van der Waals surface area contributed by atoms with E-state index in [0.29, 0.717) is 12.0 Å². The molecule has 0 aromatic heterocycles. The zero-order chi connectivity index (χ0) is 15.7. The number of hydrogen-bond donors (Lipinski definition) is 1. The molecule has 5 heteroatoms. The first kappa shape index (κ1) is 16.0. The van der Waals surface area contributed by atoms with E-state index in [1.54, 1.807) is 0 Å². The fraction of sp³-hybridized carbons (Fsp3) is 0.647. The van der Waals surface area contributed by atoms with Gasteiger partial charge in [0.1, 0.15) is 5.75 Å². The Hall–Kier alpha value is -0.910. The molecule has 1 heterocycles. The highest BCUT2D eigenvalue weighted by Crippen LogP contribution is 2.41. The van der Waals surface area contributed by atoms with Crippen LogP contribution in [-0.4, -0.2) is 37.0 Å². The van der Waals surface area contributed by atoms with Gasteiger partial charge in [0.2, 0.25) is 0 Å². The Kier molecular flexibility index (Phi) is 4.57. The molecule has 4 nitrogen and oxygen atoms in total. The van der Waals surface area contributed by atoms with Crippen molar-refractivity contribution in [3.63, 3.8) is 0 Å². The maximum Gasteiger partial charge on any atom is 0.269 e. The van der Waals surface area contributed by atoms with Crippen molar-refractivity contribution in [3.05, 3.63) is 34.9 Å². The molecule has 0 bridgehead atoms. The summed E-state index contributed by atoms with van der Waals surface area (Å²) in [5, 5.41) is 0. The average molecular weight is 323 g/mol. The maximum atomic E-state index is 11.3. The summed E-state index contributed by atoms with van der Waals surface area (Å²) in [6.07, 6.45) is 5.60. The second-order valence-corrected chi connectivity index (χ2v) is 8.05. The Morgan fingerprint density at radius 2 is 2.14 bits per heavy atom. The zero-order valence-corrected chi connectivity index (χ0v) is 14.0. The van der Waals surface area contributed by atoms with Crippen molar-refractivity contribution in [2.75, 3.05) is 13.1 Å². The molecule has 22 heavy (non-hydrogen) atoms. The lowest BCUT2D eigenvalue weighted by atomic mass is 9.73. The molecule has 122 valence electrons. The van der Waals surface area contributed by atoms with Gasteiger partial charge in [0.05, 0.1) is 0 Å². The summed E-state index contributed by atoms with van der Waals surface area (Å²) in [5.74, 6) is 0.261. The first-order chi connectivity index (χ1) is 10.5. The number of piperidine rings is 1. The minimum atomic E-state index is -3.97. The molecule has 0 amide bonds. The predicted molar refractivity (Wildman–Crippen MR) is 87.6 cm³/mol. The fourth-order valence-electron chi connectivity index (χ4n) is 4.37. The van der Waals surface area contributed by atoms with Crippen molar-refractivity contribution in [3.8, 4) is 0 Å². The third-order valence-electron chi connectivity index (χ3n) is 5.14. The number of fused-ring (bicyclic) bond motifs is 3. The van der Waals surface area contributed by atoms with E-state index < -0.39 is 10.1 Å². The highest BCUT2D eigenvalue weighted by atomic mass is 32.2. The summed E-state index contributed by atoms with van der Waals surface area (Å²) in [5.41, 5.74) is 3.27. The van der Waals surface area contributed by atoms with E-state index in [-0.39, 0.29) is 5.75 Å². The molecule has 1 aromatic rings. The molecule has 0 unspecified atom stereocenters. The van der Waals surface area contributed by atoms with Crippen molar-refractivity contribution in [1.29, 1.82) is 0 Å². The van der Waals surface area contributed by atoms with Crippen LogP contribution in [0.2, 0.25) is 0 Å². The Morgan fingerprint density at radius 1 is 1.32 bits per heavy atom. The van der Waals surface area contributed by atoms with Gasteiger partial charge in [-0.3, -0.25) is 9.45 Å². The van der Waals surface area contributed by atoms with Gasteiger partial charge >= 0.3 is 0 Å². The summed E-state index contributed by atoms with van der Waals surface area (Å²) >= 11 is 0. The monoisotopic (exact) mass is 323 g/mol. The van der Waals surface area contributed by atoms with Crippen LogP contribution in [-0.2, 0) is 22.3 Å². The molecule has 0 spiro atoms. The summed E-state index contributed by atoms with van der Waals surface area (Å²) in [4.78, 5) is 2.62. The van der Waals surface area contributed by atoms with E-state index in [9.17, 15) is 13.0 Å². The van der Waals surface area contributed by atoms with Crippen LogP contribution in [0, 0.1) is 0 Å². The van der Waals surface area contributed by atoms with Gasteiger partial charge in [-0.2, -0.15) is 8.42 Å².